The van der Waals surface area contributed by atoms with E-state index in [0.717, 1.165) is 38.2 Å². The van der Waals surface area contributed by atoms with Crippen molar-refractivity contribution >= 4 is 11.8 Å². The van der Waals surface area contributed by atoms with Crippen molar-refractivity contribution in [3.05, 3.63) is 12.2 Å². The van der Waals surface area contributed by atoms with Gasteiger partial charge in [-0.05, 0) is 19.8 Å². The van der Waals surface area contributed by atoms with Gasteiger partial charge in [-0.2, -0.15) is 5.06 Å². The SMILES string of the molecule is C=C(CC)C(C)N(CON1CCNCC1)C1CCC(=O)NC1=O. The first kappa shape index (κ1) is 18.1. The number of nitrogens with zero attached hydrogens (tertiary/aromatic N) is 2. The first-order valence-corrected chi connectivity index (χ1v) is 8.38. The van der Waals surface area contributed by atoms with E-state index >= 15 is 0 Å². The highest BCUT2D eigenvalue weighted by Crippen LogP contribution is 2.20. The quantitative estimate of drug-likeness (QED) is 0.397. The molecule has 0 spiro atoms. The standard InChI is InChI=1S/C16H28N4O3/c1-4-12(2)13(3)20(11-23-19-9-7-17-8-10-19)14-5-6-15(21)18-16(14)22/h13-14,17H,2,4-11H2,1,3H3,(H,18,21,22). The predicted octanol–water partition coefficient (Wildman–Crippen LogP) is 0.243. The highest BCUT2D eigenvalue weighted by atomic mass is 16.7. The second-order valence-electron chi connectivity index (χ2n) is 6.11. The van der Waals surface area contributed by atoms with Crippen molar-refractivity contribution in [3.8, 4) is 0 Å². The summed E-state index contributed by atoms with van der Waals surface area (Å²) < 4.78 is 0. The Kier molecular flexibility index (Phi) is 6.71. The monoisotopic (exact) mass is 324 g/mol. The number of amides is 2. The molecule has 2 aliphatic heterocycles. The fraction of sp³-hybridized carbons (Fsp3) is 0.750. The Hall–Kier alpha value is -1.28. The van der Waals surface area contributed by atoms with Crippen LogP contribution >= 0.6 is 0 Å². The highest BCUT2D eigenvalue weighted by Gasteiger charge is 2.35. The Morgan fingerprint density at radius 1 is 1.43 bits per heavy atom. The molecule has 0 saturated carbocycles. The summed E-state index contributed by atoms with van der Waals surface area (Å²) in [6, 6.07) is -0.333. The topological polar surface area (TPSA) is 73.9 Å². The Balaban J connectivity index is 2.02. The van der Waals surface area contributed by atoms with Crippen LogP contribution in [0, 0.1) is 0 Å². The van der Waals surface area contributed by atoms with Gasteiger partial charge < -0.3 is 5.32 Å². The van der Waals surface area contributed by atoms with Crippen molar-refractivity contribution in [2.45, 2.75) is 45.2 Å². The van der Waals surface area contributed by atoms with Crippen molar-refractivity contribution < 1.29 is 14.4 Å². The van der Waals surface area contributed by atoms with Crippen LogP contribution in [0.15, 0.2) is 12.2 Å². The Morgan fingerprint density at radius 2 is 2.13 bits per heavy atom. The van der Waals surface area contributed by atoms with E-state index in [-0.39, 0.29) is 23.9 Å². The molecule has 7 heteroatoms. The molecule has 0 aromatic rings. The summed E-state index contributed by atoms with van der Waals surface area (Å²) in [6.07, 6.45) is 1.74. The van der Waals surface area contributed by atoms with Crippen molar-refractivity contribution in [1.29, 1.82) is 0 Å². The molecule has 0 aliphatic carbocycles. The maximum absolute atomic E-state index is 12.2. The van der Waals surface area contributed by atoms with Gasteiger partial charge in [0.15, 0.2) is 0 Å². The van der Waals surface area contributed by atoms with Crippen LogP contribution in [0.25, 0.3) is 0 Å². The number of rotatable bonds is 7. The molecule has 130 valence electrons. The minimum absolute atomic E-state index is 0.0202. The summed E-state index contributed by atoms with van der Waals surface area (Å²) in [7, 11) is 0. The molecule has 0 radical (unpaired) electrons. The van der Waals surface area contributed by atoms with E-state index in [2.05, 4.69) is 24.1 Å². The van der Waals surface area contributed by atoms with E-state index in [9.17, 15) is 9.59 Å². The molecular formula is C16H28N4O3. The van der Waals surface area contributed by atoms with E-state index in [4.69, 9.17) is 4.84 Å². The normalized spacial score (nSPS) is 24.6. The van der Waals surface area contributed by atoms with Crippen LogP contribution in [0.5, 0.6) is 0 Å². The minimum Gasteiger partial charge on any atom is -0.314 e. The van der Waals surface area contributed by atoms with Crippen LogP contribution in [0.1, 0.15) is 33.1 Å². The number of hydrogen-bond acceptors (Lipinski definition) is 6. The van der Waals surface area contributed by atoms with E-state index in [1.807, 2.05) is 16.9 Å². The third kappa shape index (κ3) is 4.84. The molecule has 2 heterocycles. The fourth-order valence-electron chi connectivity index (χ4n) is 2.92. The van der Waals surface area contributed by atoms with Crippen LogP contribution in [-0.4, -0.2) is 66.8 Å². The molecule has 0 aromatic heterocycles. The molecule has 2 aliphatic rings. The van der Waals surface area contributed by atoms with Crippen molar-refractivity contribution in [2.24, 2.45) is 0 Å². The first-order chi connectivity index (χ1) is 11.0. The van der Waals surface area contributed by atoms with E-state index in [1.54, 1.807) is 0 Å². The van der Waals surface area contributed by atoms with E-state index in [1.165, 1.54) is 0 Å². The predicted molar refractivity (Wildman–Crippen MR) is 87.3 cm³/mol. The molecule has 2 atom stereocenters. The Bertz CT molecular complexity index is 449. The number of imide groups is 1. The lowest BCUT2D eigenvalue weighted by Gasteiger charge is -2.39. The molecule has 7 nitrogen and oxygen atoms in total. The summed E-state index contributed by atoms with van der Waals surface area (Å²) >= 11 is 0. The van der Waals surface area contributed by atoms with Crippen LogP contribution in [0.4, 0.5) is 0 Å². The van der Waals surface area contributed by atoms with Crippen LogP contribution in [0.2, 0.25) is 0 Å². The number of piperazine rings is 1. The number of carbonyl (C=O) groups excluding carboxylic acids is 2. The molecule has 0 aromatic carbocycles. The molecular weight excluding hydrogens is 296 g/mol. The molecule has 2 N–H and O–H groups in total. The van der Waals surface area contributed by atoms with Crippen molar-refractivity contribution in [2.75, 3.05) is 32.9 Å². The molecule has 2 saturated heterocycles. The van der Waals surface area contributed by atoms with Gasteiger partial charge in [0, 0.05) is 38.6 Å². The molecule has 2 fully saturated rings. The summed E-state index contributed by atoms with van der Waals surface area (Å²) in [5.41, 5.74) is 1.05. The van der Waals surface area contributed by atoms with Gasteiger partial charge in [-0.25, -0.2) is 0 Å². The smallest absolute Gasteiger partial charge is 0.244 e. The number of piperidine rings is 1. The maximum Gasteiger partial charge on any atom is 0.244 e. The average molecular weight is 324 g/mol. The second kappa shape index (κ2) is 8.54. The molecule has 2 amide bonds. The average Bonchev–Trinajstić information content (AvgIpc) is 2.56. The zero-order chi connectivity index (χ0) is 16.8. The minimum atomic E-state index is -0.353. The van der Waals surface area contributed by atoms with E-state index < -0.39 is 0 Å². The van der Waals surface area contributed by atoms with Gasteiger partial charge in [-0.15, -0.1) is 0 Å². The Labute approximate surface area is 138 Å². The molecule has 2 unspecified atom stereocenters. The zero-order valence-corrected chi connectivity index (χ0v) is 14.1. The van der Waals surface area contributed by atoms with Crippen molar-refractivity contribution in [1.82, 2.24) is 20.6 Å². The number of hydroxylamine groups is 2. The lowest BCUT2D eigenvalue weighted by atomic mass is 10.00. The summed E-state index contributed by atoms with van der Waals surface area (Å²) in [4.78, 5) is 31.5. The number of nitrogens with one attached hydrogen (secondary N) is 2. The van der Waals surface area contributed by atoms with Crippen LogP contribution in [0.3, 0.4) is 0 Å². The van der Waals surface area contributed by atoms with E-state index in [0.29, 0.717) is 19.6 Å². The lowest BCUT2D eigenvalue weighted by Crippen LogP contribution is -2.56. The van der Waals surface area contributed by atoms with Crippen LogP contribution in [-0.2, 0) is 14.4 Å². The number of hydrogen-bond donors (Lipinski definition) is 2. The van der Waals surface area contributed by atoms with Gasteiger partial charge >= 0.3 is 0 Å². The third-order valence-corrected chi connectivity index (χ3v) is 4.62. The van der Waals surface area contributed by atoms with Gasteiger partial charge in [-0.3, -0.25) is 24.6 Å². The fourth-order valence-corrected chi connectivity index (χ4v) is 2.92. The van der Waals surface area contributed by atoms with Gasteiger partial charge in [0.1, 0.15) is 6.73 Å². The lowest BCUT2D eigenvalue weighted by molar-refractivity contribution is -0.206. The van der Waals surface area contributed by atoms with Gasteiger partial charge in [0.05, 0.1) is 6.04 Å². The number of carbonyl (C=O) groups is 2. The van der Waals surface area contributed by atoms with Crippen LogP contribution < -0.4 is 10.6 Å². The third-order valence-electron chi connectivity index (χ3n) is 4.62. The molecule has 2 rings (SSSR count). The zero-order valence-electron chi connectivity index (χ0n) is 14.1. The maximum atomic E-state index is 12.2. The summed E-state index contributed by atoms with van der Waals surface area (Å²) in [5.74, 6) is -0.433. The molecule has 23 heavy (non-hydrogen) atoms. The second-order valence-corrected chi connectivity index (χ2v) is 6.11. The largest absolute Gasteiger partial charge is 0.314 e. The summed E-state index contributed by atoms with van der Waals surface area (Å²) in [5, 5.41) is 7.64. The van der Waals surface area contributed by atoms with Crippen molar-refractivity contribution in [3.63, 3.8) is 0 Å². The summed E-state index contributed by atoms with van der Waals surface area (Å²) in [6.45, 7) is 12.0. The Morgan fingerprint density at radius 3 is 2.74 bits per heavy atom. The first-order valence-electron chi connectivity index (χ1n) is 8.38. The van der Waals surface area contributed by atoms with Gasteiger partial charge in [-0.1, -0.05) is 19.1 Å². The van der Waals surface area contributed by atoms with Gasteiger partial charge in [0.25, 0.3) is 0 Å². The van der Waals surface area contributed by atoms with Gasteiger partial charge in [0.2, 0.25) is 11.8 Å². The molecule has 0 bridgehead atoms. The highest BCUT2D eigenvalue weighted by molar-refractivity contribution is 6.00.